The maximum atomic E-state index is 11.7. The van der Waals surface area contributed by atoms with Crippen molar-refractivity contribution >= 4 is 23.5 Å². The van der Waals surface area contributed by atoms with E-state index >= 15 is 0 Å². The number of carbonyl (C=O) groups is 2. The lowest BCUT2D eigenvalue weighted by Crippen LogP contribution is -2.31. The molecule has 0 heterocycles. The third-order valence-corrected chi connectivity index (χ3v) is 4.06. The summed E-state index contributed by atoms with van der Waals surface area (Å²) in [6, 6.07) is 13.0. The van der Waals surface area contributed by atoms with Crippen molar-refractivity contribution in [3.8, 4) is 5.75 Å². The van der Waals surface area contributed by atoms with Crippen LogP contribution in [0.3, 0.4) is 0 Å². The third-order valence-electron chi connectivity index (χ3n) is 3.82. The summed E-state index contributed by atoms with van der Waals surface area (Å²) in [5.74, 6) is -0.351. The van der Waals surface area contributed by atoms with E-state index in [-0.39, 0.29) is 19.1 Å². The summed E-state index contributed by atoms with van der Waals surface area (Å²) < 4.78 is 10.3. The van der Waals surface area contributed by atoms with Crippen molar-refractivity contribution in [2.24, 2.45) is 0 Å². The zero-order valence-electron chi connectivity index (χ0n) is 14.9. The Bertz CT molecular complexity index is 776. The first kappa shape index (κ1) is 19.8. The van der Waals surface area contributed by atoms with Gasteiger partial charge >= 0.3 is 5.97 Å². The lowest BCUT2D eigenvalue weighted by atomic mass is 10.1. The SMILES string of the molecule is Cc1ccc(OCC(=O)OCC(=O)NCCc2cccc(Cl)c2)cc1C. The van der Waals surface area contributed by atoms with Gasteiger partial charge in [0.1, 0.15) is 5.75 Å². The molecule has 0 aliphatic heterocycles. The molecule has 0 unspecified atom stereocenters. The molecule has 0 saturated heterocycles. The summed E-state index contributed by atoms with van der Waals surface area (Å²) in [4.78, 5) is 23.4. The topological polar surface area (TPSA) is 64.6 Å². The molecule has 0 saturated carbocycles. The predicted molar refractivity (Wildman–Crippen MR) is 101 cm³/mol. The van der Waals surface area contributed by atoms with Crippen LogP contribution in [0.2, 0.25) is 5.02 Å². The first-order valence-electron chi connectivity index (χ1n) is 8.31. The first-order chi connectivity index (χ1) is 12.4. The van der Waals surface area contributed by atoms with E-state index in [1.807, 2.05) is 44.2 Å². The Morgan fingerprint density at radius 2 is 1.85 bits per heavy atom. The molecule has 0 aliphatic carbocycles. The number of carbonyl (C=O) groups excluding carboxylic acids is 2. The highest BCUT2D eigenvalue weighted by molar-refractivity contribution is 6.30. The van der Waals surface area contributed by atoms with E-state index in [0.717, 1.165) is 16.7 Å². The molecule has 6 heteroatoms. The number of rotatable bonds is 8. The fraction of sp³-hybridized carbons (Fsp3) is 0.300. The number of benzene rings is 2. The second-order valence-corrected chi connectivity index (χ2v) is 6.36. The van der Waals surface area contributed by atoms with E-state index in [1.54, 1.807) is 12.1 Å². The molecule has 1 amide bonds. The van der Waals surface area contributed by atoms with Gasteiger partial charge in [0.25, 0.3) is 5.91 Å². The van der Waals surface area contributed by atoms with E-state index in [4.69, 9.17) is 21.1 Å². The number of esters is 1. The number of hydrogen-bond donors (Lipinski definition) is 1. The van der Waals surface area contributed by atoms with Crippen LogP contribution in [0.25, 0.3) is 0 Å². The second-order valence-electron chi connectivity index (χ2n) is 5.93. The zero-order valence-corrected chi connectivity index (χ0v) is 15.6. The average Bonchev–Trinajstić information content (AvgIpc) is 2.61. The van der Waals surface area contributed by atoms with Gasteiger partial charge in [0.15, 0.2) is 13.2 Å². The average molecular weight is 376 g/mol. The Morgan fingerprint density at radius 3 is 2.58 bits per heavy atom. The van der Waals surface area contributed by atoms with Crippen molar-refractivity contribution in [2.45, 2.75) is 20.3 Å². The van der Waals surface area contributed by atoms with Crippen molar-refractivity contribution in [1.82, 2.24) is 5.32 Å². The number of hydrogen-bond acceptors (Lipinski definition) is 4. The summed E-state index contributed by atoms with van der Waals surface area (Å²) in [5, 5.41) is 3.35. The first-order valence-corrected chi connectivity index (χ1v) is 8.68. The minimum Gasteiger partial charge on any atom is -0.482 e. The van der Waals surface area contributed by atoms with Gasteiger partial charge in [-0.2, -0.15) is 0 Å². The van der Waals surface area contributed by atoms with Gasteiger partial charge < -0.3 is 14.8 Å². The Kier molecular flexibility index (Phi) is 7.48. The van der Waals surface area contributed by atoms with E-state index < -0.39 is 5.97 Å². The number of halogens is 1. The summed E-state index contributed by atoms with van der Waals surface area (Å²) in [6.45, 7) is 3.84. The number of aryl methyl sites for hydroxylation is 2. The highest BCUT2D eigenvalue weighted by Gasteiger charge is 2.09. The summed E-state index contributed by atoms with van der Waals surface area (Å²) in [5.41, 5.74) is 3.25. The summed E-state index contributed by atoms with van der Waals surface area (Å²) in [7, 11) is 0. The van der Waals surface area contributed by atoms with Crippen molar-refractivity contribution < 1.29 is 19.1 Å². The van der Waals surface area contributed by atoms with Crippen molar-refractivity contribution in [1.29, 1.82) is 0 Å². The van der Waals surface area contributed by atoms with Crippen LogP contribution in [0.4, 0.5) is 0 Å². The largest absolute Gasteiger partial charge is 0.482 e. The highest BCUT2D eigenvalue weighted by Crippen LogP contribution is 2.16. The minimum atomic E-state index is -0.590. The molecule has 0 fully saturated rings. The van der Waals surface area contributed by atoms with Crippen molar-refractivity contribution in [2.75, 3.05) is 19.8 Å². The summed E-state index contributed by atoms with van der Waals surface area (Å²) in [6.07, 6.45) is 0.649. The van der Waals surface area contributed by atoms with Gasteiger partial charge in [-0.25, -0.2) is 4.79 Å². The van der Waals surface area contributed by atoms with Gasteiger partial charge in [0, 0.05) is 11.6 Å². The molecule has 0 spiro atoms. The molecule has 0 aliphatic rings. The molecule has 5 nitrogen and oxygen atoms in total. The number of ether oxygens (including phenoxy) is 2. The molecule has 0 atom stereocenters. The number of amides is 1. The molecular formula is C20H22ClNO4. The third kappa shape index (κ3) is 6.76. The van der Waals surface area contributed by atoms with Gasteiger partial charge in [-0.1, -0.05) is 29.8 Å². The second kappa shape index (κ2) is 9.82. The molecule has 2 aromatic rings. The molecule has 0 aromatic heterocycles. The normalized spacial score (nSPS) is 10.3. The number of nitrogens with one attached hydrogen (secondary N) is 1. The van der Waals surface area contributed by atoms with Crippen LogP contribution in [0.1, 0.15) is 16.7 Å². The van der Waals surface area contributed by atoms with E-state index in [0.29, 0.717) is 23.7 Å². The Labute approximate surface area is 158 Å². The lowest BCUT2D eigenvalue weighted by Gasteiger charge is -2.09. The maximum Gasteiger partial charge on any atom is 0.344 e. The Morgan fingerprint density at radius 1 is 1.04 bits per heavy atom. The van der Waals surface area contributed by atoms with Gasteiger partial charge in [-0.15, -0.1) is 0 Å². The molecule has 26 heavy (non-hydrogen) atoms. The van der Waals surface area contributed by atoms with Crippen LogP contribution in [0, 0.1) is 13.8 Å². The van der Waals surface area contributed by atoms with Crippen molar-refractivity contribution in [3.05, 3.63) is 64.2 Å². The van der Waals surface area contributed by atoms with Crippen LogP contribution in [-0.4, -0.2) is 31.6 Å². The molecule has 1 N–H and O–H groups in total. The van der Waals surface area contributed by atoms with Crippen LogP contribution >= 0.6 is 11.6 Å². The van der Waals surface area contributed by atoms with E-state index in [1.165, 1.54) is 0 Å². The summed E-state index contributed by atoms with van der Waals surface area (Å²) >= 11 is 5.90. The molecule has 2 aromatic carbocycles. The Hall–Kier alpha value is -2.53. The smallest absolute Gasteiger partial charge is 0.344 e. The van der Waals surface area contributed by atoms with E-state index in [9.17, 15) is 9.59 Å². The molecular weight excluding hydrogens is 354 g/mol. The highest BCUT2D eigenvalue weighted by atomic mass is 35.5. The monoisotopic (exact) mass is 375 g/mol. The quantitative estimate of drug-likeness (QED) is 0.719. The molecule has 0 bridgehead atoms. The fourth-order valence-corrected chi connectivity index (χ4v) is 2.44. The van der Waals surface area contributed by atoms with Gasteiger partial charge in [-0.05, 0) is 61.2 Å². The molecule has 0 radical (unpaired) electrons. The minimum absolute atomic E-state index is 0.238. The van der Waals surface area contributed by atoms with Crippen LogP contribution in [-0.2, 0) is 20.7 Å². The lowest BCUT2D eigenvalue weighted by molar-refractivity contribution is -0.150. The predicted octanol–water partition coefficient (Wildman–Crippen LogP) is 3.24. The molecule has 138 valence electrons. The van der Waals surface area contributed by atoms with Gasteiger partial charge in [0.2, 0.25) is 0 Å². The zero-order chi connectivity index (χ0) is 18.9. The molecule has 2 rings (SSSR count). The fourth-order valence-electron chi connectivity index (χ4n) is 2.22. The standard InChI is InChI=1S/C20H22ClNO4/c1-14-6-7-18(10-15(14)2)25-13-20(24)26-12-19(23)22-9-8-16-4-3-5-17(21)11-16/h3-7,10-11H,8-9,12-13H2,1-2H3,(H,22,23). The maximum absolute atomic E-state index is 11.7. The van der Waals surface area contributed by atoms with Crippen LogP contribution in [0.5, 0.6) is 5.75 Å². The Balaban J connectivity index is 1.63. The van der Waals surface area contributed by atoms with Gasteiger partial charge in [-0.3, -0.25) is 4.79 Å². The van der Waals surface area contributed by atoms with E-state index in [2.05, 4.69) is 5.32 Å². The van der Waals surface area contributed by atoms with Gasteiger partial charge in [0.05, 0.1) is 0 Å². The van der Waals surface area contributed by atoms with Crippen molar-refractivity contribution in [3.63, 3.8) is 0 Å². The van der Waals surface area contributed by atoms with Crippen LogP contribution < -0.4 is 10.1 Å². The van der Waals surface area contributed by atoms with Crippen LogP contribution in [0.15, 0.2) is 42.5 Å².